The second kappa shape index (κ2) is 5.70. The highest BCUT2D eigenvalue weighted by molar-refractivity contribution is 6.33. The zero-order chi connectivity index (χ0) is 16.7. The number of halogens is 1. The topological polar surface area (TPSA) is 71.8 Å². The number of benzene rings is 2. The molecule has 0 fully saturated rings. The first-order valence-corrected chi connectivity index (χ1v) is 7.84. The fourth-order valence-corrected chi connectivity index (χ4v) is 2.88. The van der Waals surface area contributed by atoms with E-state index in [1.165, 1.54) is 0 Å². The number of fused-ring (bicyclic) bond motifs is 1. The second-order valence-electron chi connectivity index (χ2n) is 6.00. The van der Waals surface area contributed by atoms with Crippen molar-refractivity contribution < 1.29 is 0 Å². The minimum Gasteiger partial charge on any atom is -0.398 e. The van der Waals surface area contributed by atoms with Crippen LogP contribution in [0.3, 0.4) is 0 Å². The zero-order valence-corrected chi connectivity index (χ0v) is 14.0. The molecule has 2 aromatic carbocycles. The van der Waals surface area contributed by atoms with Gasteiger partial charge in [-0.2, -0.15) is 0 Å². The average Bonchev–Trinajstić information content (AvgIpc) is 2.48. The molecule has 0 saturated heterocycles. The highest BCUT2D eigenvalue weighted by atomic mass is 35.5. The smallest absolute Gasteiger partial charge is 0.258 e. The Labute approximate surface area is 139 Å². The molecule has 23 heavy (non-hydrogen) atoms. The van der Waals surface area contributed by atoms with Gasteiger partial charge < -0.3 is 10.7 Å². The summed E-state index contributed by atoms with van der Waals surface area (Å²) in [4.78, 5) is 19.4. The maximum absolute atomic E-state index is 12.2. The van der Waals surface area contributed by atoms with Gasteiger partial charge in [0, 0.05) is 0 Å². The van der Waals surface area contributed by atoms with E-state index in [0.29, 0.717) is 27.4 Å². The van der Waals surface area contributed by atoms with E-state index in [1.807, 2.05) is 24.3 Å². The van der Waals surface area contributed by atoms with Crippen LogP contribution < -0.4 is 11.3 Å². The first-order valence-electron chi connectivity index (χ1n) is 7.47. The molecule has 118 valence electrons. The summed E-state index contributed by atoms with van der Waals surface area (Å²) in [5.74, 6) is 0.897. The summed E-state index contributed by atoms with van der Waals surface area (Å²) in [6.45, 7) is 6.01. The molecule has 0 spiro atoms. The normalized spacial score (nSPS) is 11.3. The lowest BCUT2D eigenvalue weighted by atomic mass is 9.91. The number of hydrogen-bond donors (Lipinski definition) is 2. The lowest BCUT2D eigenvalue weighted by molar-refractivity contribution is 0.869. The minimum absolute atomic E-state index is 0.133. The van der Waals surface area contributed by atoms with Crippen molar-refractivity contribution in [1.82, 2.24) is 9.97 Å². The van der Waals surface area contributed by atoms with Crippen LogP contribution in [0, 0.1) is 6.92 Å². The molecule has 1 heterocycles. The van der Waals surface area contributed by atoms with Crippen molar-refractivity contribution in [3.8, 4) is 11.1 Å². The average molecular weight is 328 g/mol. The number of aromatic amines is 1. The van der Waals surface area contributed by atoms with Crippen LogP contribution >= 0.6 is 11.6 Å². The van der Waals surface area contributed by atoms with Gasteiger partial charge in [-0.1, -0.05) is 31.5 Å². The number of aryl methyl sites for hydroxylation is 1. The van der Waals surface area contributed by atoms with E-state index in [4.69, 9.17) is 17.3 Å². The Bertz CT molecular complexity index is 960. The van der Waals surface area contributed by atoms with Gasteiger partial charge in [0.05, 0.1) is 21.6 Å². The fraction of sp³-hybridized carbons (Fsp3) is 0.222. The van der Waals surface area contributed by atoms with Crippen LogP contribution in [0.15, 0.2) is 35.1 Å². The van der Waals surface area contributed by atoms with Crippen LogP contribution in [0.25, 0.3) is 22.0 Å². The predicted molar refractivity (Wildman–Crippen MR) is 96.0 cm³/mol. The van der Waals surface area contributed by atoms with E-state index in [1.54, 1.807) is 13.0 Å². The number of anilines is 1. The van der Waals surface area contributed by atoms with Crippen LogP contribution in [0.1, 0.15) is 31.2 Å². The molecule has 4 nitrogen and oxygen atoms in total. The van der Waals surface area contributed by atoms with Crippen molar-refractivity contribution in [2.45, 2.75) is 26.7 Å². The van der Waals surface area contributed by atoms with Gasteiger partial charge in [-0.3, -0.25) is 4.79 Å². The molecule has 0 bridgehead atoms. The van der Waals surface area contributed by atoms with Gasteiger partial charge in [-0.25, -0.2) is 4.98 Å². The maximum Gasteiger partial charge on any atom is 0.258 e. The third-order valence-corrected chi connectivity index (χ3v) is 4.27. The van der Waals surface area contributed by atoms with Crippen LogP contribution in [0.2, 0.25) is 5.02 Å². The molecule has 3 rings (SSSR count). The monoisotopic (exact) mass is 327 g/mol. The highest BCUT2D eigenvalue weighted by Gasteiger charge is 2.14. The number of nitrogens with zero attached hydrogens (tertiary/aromatic N) is 1. The number of H-pyrrole nitrogens is 1. The Morgan fingerprint density at radius 2 is 1.96 bits per heavy atom. The summed E-state index contributed by atoms with van der Waals surface area (Å²) in [5, 5.41) is 1.10. The molecule has 0 unspecified atom stereocenters. The van der Waals surface area contributed by atoms with Crippen LogP contribution in [-0.4, -0.2) is 9.97 Å². The van der Waals surface area contributed by atoms with Crippen LogP contribution in [-0.2, 0) is 0 Å². The van der Waals surface area contributed by atoms with Gasteiger partial charge in [0.15, 0.2) is 0 Å². The maximum atomic E-state index is 12.2. The minimum atomic E-state index is -0.133. The Morgan fingerprint density at radius 3 is 2.61 bits per heavy atom. The molecular weight excluding hydrogens is 310 g/mol. The molecule has 0 aliphatic heterocycles. The van der Waals surface area contributed by atoms with Gasteiger partial charge in [-0.05, 0) is 53.8 Å². The molecule has 0 radical (unpaired) electrons. The van der Waals surface area contributed by atoms with E-state index < -0.39 is 0 Å². The van der Waals surface area contributed by atoms with Crippen molar-refractivity contribution in [3.63, 3.8) is 0 Å². The highest BCUT2D eigenvalue weighted by Crippen LogP contribution is 2.34. The van der Waals surface area contributed by atoms with Gasteiger partial charge in [-0.15, -0.1) is 0 Å². The Balaban J connectivity index is 2.36. The quantitative estimate of drug-likeness (QED) is 0.691. The molecule has 5 heteroatoms. The molecule has 1 aromatic heterocycles. The lowest BCUT2D eigenvalue weighted by Gasteiger charge is -2.15. The van der Waals surface area contributed by atoms with E-state index in [-0.39, 0.29) is 11.5 Å². The number of hydrogen-bond acceptors (Lipinski definition) is 3. The van der Waals surface area contributed by atoms with Crippen molar-refractivity contribution in [3.05, 3.63) is 57.1 Å². The Hall–Kier alpha value is -2.33. The van der Waals surface area contributed by atoms with Crippen molar-refractivity contribution in [2.75, 3.05) is 5.73 Å². The molecule has 0 aliphatic carbocycles. The molecule has 0 atom stereocenters. The summed E-state index contributed by atoms with van der Waals surface area (Å²) in [7, 11) is 0. The summed E-state index contributed by atoms with van der Waals surface area (Å²) in [6, 6.07) is 9.41. The van der Waals surface area contributed by atoms with Crippen LogP contribution in [0.5, 0.6) is 0 Å². The standard InChI is InChI=1S/C18H18ClN3O/c1-9(2)12-8-17-14(18(23)22-10(3)21-17)7-13(12)11-4-5-15(19)16(20)6-11/h4-9H,20H2,1-3H3,(H,21,22,23). The van der Waals surface area contributed by atoms with Crippen molar-refractivity contribution in [1.29, 1.82) is 0 Å². The number of nitrogens with one attached hydrogen (secondary N) is 1. The molecule has 3 N–H and O–H groups in total. The predicted octanol–water partition coefficient (Wildman–Crippen LogP) is 4.26. The van der Waals surface area contributed by atoms with Gasteiger partial charge in [0.2, 0.25) is 0 Å². The number of rotatable bonds is 2. The summed E-state index contributed by atoms with van der Waals surface area (Å²) < 4.78 is 0. The van der Waals surface area contributed by atoms with Gasteiger partial charge >= 0.3 is 0 Å². The second-order valence-corrected chi connectivity index (χ2v) is 6.41. The summed E-state index contributed by atoms with van der Waals surface area (Å²) in [5.41, 5.74) is 10.1. The molecule has 3 aromatic rings. The zero-order valence-electron chi connectivity index (χ0n) is 13.3. The lowest BCUT2D eigenvalue weighted by Crippen LogP contribution is -2.10. The SMILES string of the molecule is Cc1nc2cc(C(C)C)c(-c3ccc(Cl)c(N)c3)cc2c(=O)[nH]1. The molecular formula is C18H18ClN3O. The van der Waals surface area contributed by atoms with Crippen molar-refractivity contribution in [2.24, 2.45) is 0 Å². The molecule has 0 aliphatic rings. The van der Waals surface area contributed by atoms with Crippen molar-refractivity contribution >= 4 is 28.2 Å². The molecule has 0 saturated carbocycles. The fourth-order valence-electron chi connectivity index (χ4n) is 2.76. The largest absolute Gasteiger partial charge is 0.398 e. The number of aromatic nitrogens is 2. The number of nitrogens with two attached hydrogens (primary N) is 1. The number of nitrogen functional groups attached to an aromatic ring is 1. The van der Waals surface area contributed by atoms with Crippen LogP contribution in [0.4, 0.5) is 5.69 Å². The van der Waals surface area contributed by atoms with Gasteiger partial charge in [0.1, 0.15) is 5.82 Å². The first-order chi connectivity index (χ1) is 10.9. The third kappa shape index (κ3) is 2.82. The Morgan fingerprint density at radius 1 is 1.22 bits per heavy atom. The molecule has 0 amide bonds. The summed E-state index contributed by atoms with van der Waals surface area (Å²) >= 11 is 6.02. The van der Waals surface area contributed by atoms with E-state index >= 15 is 0 Å². The van der Waals surface area contributed by atoms with E-state index in [0.717, 1.165) is 16.7 Å². The third-order valence-electron chi connectivity index (χ3n) is 3.92. The Kier molecular flexibility index (Phi) is 3.86. The van der Waals surface area contributed by atoms with E-state index in [9.17, 15) is 4.79 Å². The van der Waals surface area contributed by atoms with Gasteiger partial charge in [0.25, 0.3) is 5.56 Å². The summed E-state index contributed by atoms with van der Waals surface area (Å²) in [6.07, 6.45) is 0. The van der Waals surface area contributed by atoms with E-state index in [2.05, 4.69) is 23.8 Å². The first kappa shape index (κ1) is 15.6.